The average molecular weight is 262 g/mol. The first kappa shape index (κ1) is 13.7. The van der Waals surface area contributed by atoms with Gasteiger partial charge in [0.1, 0.15) is 5.69 Å². The summed E-state index contributed by atoms with van der Waals surface area (Å²) in [4.78, 5) is 0. The molecule has 0 fully saturated rings. The molecule has 0 aliphatic heterocycles. The maximum atomic E-state index is 6.01. The molecule has 0 aromatic carbocycles. The first-order chi connectivity index (χ1) is 8.94. The van der Waals surface area contributed by atoms with Gasteiger partial charge in [0.05, 0.1) is 29.7 Å². The van der Waals surface area contributed by atoms with Crippen molar-refractivity contribution in [3.05, 3.63) is 29.3 Å². The van der Waals surface area contributed by atoms with Crippen molar-refractivity contribution in [2.75, 3.05) is 0 Å². The molecule has 0 saturated heterocycles. The predicted octanol–water partition coefficient (Wildman–Crippen LogP) is 1.30. The lowest BCUT2D eigenvalue weighted by Crippen LogP contribution is -2.29. The zero-order chi connectivity index (χ0) is 14.0. The summed E-state index contributed by atoms with van der Waals surface area (Å²) in [6.45, 7) is 9.57. The number of aryl methyl sites for hydroxylation is 2. The summed E-state index contributed by atoms with van der Waals surface area (Å²) in [6, 6.07) is 2.12. The van der Waals surface area contributed by atoms with Gasteiger partial charge in [0.25, 0.3) is 0 Å². The van der Waals surface area contributed by atoms with Crippen molar-refractivity contribution in [1.82, 2.24) is 24.8 Å². The van der Waals surface area contributed by atoms with E-state index in [0.29, 0.717) is 6.54 Å². The van der Waals surface area contributed by atoms with Crippen LogP contribution in [0.5, 0.6) is 0 Å². The van der Waals surface area contributed by atoms with E-state index in [2.05, 4.69) is 35.3 Å². The smallest absolute Gasteiger partial charge is 0.102 e. The Morgan fingerprint density at radius 2 is 2.05 bits per heavy atom. The number of rotatable bonds is 5. The highest BCUT2D eigenvalue weighted by atomic mass is 15.4. The molecule has 2 rings (SSSR count). The van der Waals surface area contributed by atoms with Crippen LogP contribution in [0.1, 0.15) is 44.8 Å². The van der Waals surface area contributed by atoms with Crippen molar-refractivity contribution in [1.29, 1.82) is 0 Å². The fourth-order valence-corrected chi connectivity index (χ4v) is 1.93. The maximum absolute atomic E-state index is 6.01. The van der Waals surface area contributed by atoms with Gasteiger partial charge in [-0.05, 0) is 33.3 Å². The number of hydrogen-bond donors (Lipinski definition) is 1. The first-order valence-corrected chi connectivity index (χ1v) is 6.69. The summed E-state index contributed by atoms with van der Waals surface area (Å²) in [5.74, 6) is 0. The lowest BCUT2D eigenvalue weighted by atomic mass is 10.0. The molecule has 2 heterocycles. The third-order valence-electron chi connectivity index (χ3n) is 3.10. The minimum absolute atomic E-state index is 0.460. The van der Waals surface area contributed by atoms with E-state index in [0.717, 1.165) is 30.0 Å². The van der Waals surface area contributed by atoms with Gasteiger partial charge >= 0.3 is 0 Å². The molecule has 104 valence electrons. The number of aromatic nitrogens is 5. The number of hydrogen-bond acceptors (Lipinski definition) is 4. The van der Waals surface area contributed by atoms with Gasteiger partial charge in [-0.25, -0.2) is 4.68 Å². The third-order valence-corrected chi connectivity index (χ3v) is 3.10. The lowest BCUT2D eigenvalue weighted by Gasteiger charge is -2.13. The minimum atomic E-state index is -0.460. The monoisotopic (exact) mass is 262 g/mol. The third kappa shape index (κ3) is 3.01. The van der Waals surface area contributed by atoms with E-state index in [-0.39, 0.29) is 0 Å². The van der Waals surface area contributed by atoms with Crippen molar-refractivity contribution in [3.8, 4) is 0 Å². The molecule has 0 atom stereocenters. The second-order valence-corrected chi connectivity index (χ2v) is 5.32. The Bertz CT molecular complexity index is 546. The zero-order valence-corrected chi connectivity index (χ0v) is 12.1. The lowest BCUT2D eigenvalue weighted by molar-refractivity contribution is 0.533. The largest absolute Gasteiger partial charge is 0.320 e. The summed E-state index contributed by atoms with van der Waals surface area (Å²) in [5, 5.41) is 12.8. The molecule has 0 aliphatic carbocycles. The predicted molar refractivity (Wildman–Crippen MR) is 73.6 cm³/mol. The van der Waals surface area contributed by atoms with Crippen LogP contribution in [0.4, 0.5) is 0 Å². The Hall–Kier alpha value is -1.69. The Morgan fingerprint density at radius 1 is 1.32 bits per heavy atom. The van der Waals surface area contributed by atoms with E-state index in [4.69, 9.17) is 5.73 Å². The summed E-state index contributed by atoms with van der Waals surface area (Å²) in [6.07, 6.45) is 2.84. The van der Waals surface area contributed by atoms with E-state index >= 15 is 0 Å². The van der Waals surface area contributed by atoms with E-state index in [9.17, 15) is 0 Å². The molecule has 0 aliphatic rings. The molecule has 19 heavy (non-hydrogen) atoms. The highest BCUT2D eigenvalue weighted by molar-refractivity contribution is 5.12. The van der Waals surface area contributed by atoms with Gasteiger partial charge < -0.3 is 5.73 Å². The van der Waals surface area contributed by atoms with Crippen LogP contribution in [0.3, 0.4) is 0 Å². The summed E-state index contributed by atoms with van der Waals surface area (Å²) >= 11 is 0. The summed E-state index contributed by atoms with van der Waals surface area (Å²) in [7, 11) is 0. The molecular weight excluding hydrogens is 240 g/mol. The standard InChI is InChI=1S/C13H22N6/c1-5-10-7-11(19(6-2)16-10)8-18-9-12(15-17-18)13(3,4)14/h7,9H,5-6,8,14H2,1-4H3. The van der Waals surface area contributed by atoms with E-state index < -0.39 is 5.54 Å². The molecule has 0 bridgehead atoms. The zero-order valence-electron chi connectivity index (χ0n) is 12.1. The fourth-order valence-electron chi connectivity index (χ4n) is 1.93. The van der Waals surface area contributed by atoms with E-state index in [1.807, 2.05) is 29.4 Å². The Morgan fingerprint density at radius 3 is 2.58 bits per heavy atom. The SMILES string of the molecule is CCc1cc(Cn2cc(C(C)(C)N)nn2)n(CC)n1. The Kier molecular flexibility index (Phi) is 3.71. The van der Waals surface area contributed by atoms with Crippen LogP contribution in [0.2, 0.25) is 0 Å². The first-order valence-electron chi connectivity index (χ1n) is 6.69. The Labute approximate surface area is 113 Å². The quantitative estimate of drug-likeness (QED) is 0.881. The van der Waals surface area contributed by atoms with Crippen LogP contribution in [0.15, 0.2) is 12.3 Å². The molecule has 2 aromatic rings. The van der Waals surface area contributed by atoms with Gasteiger partial charge in [-0.3, -0.25) is 4.68 Å². The summed E-state index contributed by atoms with van der Waals surface area (Å²) < 4.78 is 3.82. The van der Waals surface area contributed by atoms with Crippen molar-refractivity contribution < 1.29 is 0 Å². The van der Waals surface area contributed by atoms with Crippen molar-refractivity contribution in [2.45, 2.75) is 52.7 Å². The number of nitrogens with two attached hydrogens (primary N) is 1. The molecule has 0 spiro atoms. The van der Waals surface area contributed by atoms with Crippen LogP contribution in [0.25, 0.3) is 0 Å². The second-order valence-electron chi connectivity index (χ2n) is 5.32. The van der Waals surface area contributed by atoms with Crippen LogP contribution in [-0.4, -0.2) is 24.8 Å². The van der Waals surface area contributed by atoms with Crippen molar-refractivity contribution in [2.24, 2.45) is 5.73 Å². The molecule has 0 unspecified atom stereocenters. The van der Waals surface area contributed by atoms with Crippen molar-refractivity contribution in [3.63, 3.8) is 0 Å². The normalized spacial score (nSPS) is 12.1. The molecule has 2 N–H and O–H groups in total. The molecule has 0 saturated carbocycles. The van der Waals surface area contributed by atoms with Gasteiger partial charge in [-0.15, -0.1) is 5.10 Å². The molecule has 2 aromatic heterocycles. The Balaban J connectivity index is 2.21. The summed E-state index contributed by atoms with van der Waals surface area (Å²) in [5.41, 5.74) is 8.60. The fraction of sp³-hybridized carbons (Fsp3) is 0.615. The van der Waals surface area contributed by atoms with Crippen LogP contribution in [-0.2, 0) is 25.0 Å². The van der Waals surface area contributed by atoms with Gasteiger partial charge in [-0.2, -0.15) is 5.10 Å². The highest BCUT2D eigenvalue weighted by Gasteiger charge is 2.18. The average Bonchev–Trinajstić information content (AvgIpc) is 2.95. The second kappa shape index (κ2) is 5.13. The number of nitrogens with zero attached hydrogens (tertiary/aromatic N) is 5. The molecular formula is C13H22N6. The maximum Gasteiger partial charge on any atom is 0.102 e. The van der Waals surface area contributed by atoms with E-state index in [1.165, 1.54) is 0 Å². The van der Waals surface area contributed by atoms with Gasteiger partial charge in [0.15, 0.2) is 0 Å². The van der Waals surface area contributed by atoms with Crippen LogP contribution in [0, 0.1) is 0 Å². The molecule has 0 amide bonds. The molecule has 6 nitrogen and oxygen atoms in total. The van der Waals surface area contributed by atoms with E-state index in [1.54, 1.807) is 0 Å². The van der Waals surface area contributed by atoms with Gasteiger partial charge in [0.2, 0.25) is 0 Å². The van der Waals surface area contributed by atoms with Crippen LogP contribution < -0.4 is 5.73 Å². The minimum Gasteiger partial charge on any atom is -0.320 e. The molecule has 6 heteroatoms. The molecule has 0 radical (unpaired) electrons. The van der Waals surface area contributed by atoms with Crippen molar-refractivity contribution >= 4 is 0 Å². The van der Waals surface area contributed by atoms with Crippen LogP contribution >= 0.6 is 0 Å². The highest BCUT2D eigenvalue weighted by Crippen LogP contribution is 2.14. The topological polar surface area (TPSA) is 74.6 Å². The van der Waals surface area contributed by atoms with Gasteiger partial charge in [-0.1, -0.05) is 12.1 Å². The van der Waals surface area contributed by atoms with Gasteiger partial charge in [0, 0.05) is 6.54 Å².